The van der Waals surface area contributed by atoms with E-state index in [-0.39, 0.29) is 0 Å². The van der Waals surface area contributed by atoms with Crippen LogP contribution in [0.25, 0.3) is 11.5 Å². The van der Waals surface area contributed by atoms with E-state index in [4.69, 9.17) is 0 Å². The highest BCUT2D eigenvalue weighted by molar-refractivity contribution is 14.1. The SMILES string of the molecule is CCNc1nc(-c2cscn2)nc(C)c1I. The van der Waals surface area contributed by atoms with Crippen molar-refractivity contribution in [3.63, 3.8) is 0 Å². The third kappa shape index (κ3) is 2.32. The van der Waals surface area contributed by atoms with Crippen LogP contribution in [-0.4, -0.2) is 21.5 Å². The molecule has 0 aliphatic carbocycles. The van der Waals surface area contributed by atoms with Crippen LogP contribution < -0.4 is 5.32 Å². The maximum absolute atomic E-state index is 4.48. The zero-order valence-corrected chi connectivity index (χ0v) is 12.0. The van der Waals surface area contributed by atoms with E-state index >= 15 is 0 Å². The van der Waals surface area contributed by atoms with Crippen molar-refractivity contribution < 1.29 is 0 Å². The minimum atomic E-state index is 0.690. The van der Waals surface area contributed by atoms with Gasteiger partial charge in [-0.25, -0.2) is 15.0 Å². The molecule has 0 aliphatic heterocycles. The Morgan fingerprint density at radius 3 is 2.88 bits per heavy atom. The first-order valence-corrected chi connectivity index (χ1v) is 6.91. The summed E-state index contributed by atoms with van der Waals surface area (Å²) in [5.74, 6) is 1.58. The standard InChI is InChI=1S/C10H11IN4S/c1-3-12-10-8(11)6(2)14-9(15-10)7-4-16-5-13-7/h4-5H,3H2,1-2H3,(H,12,14,15). The van der Waals surface area contributed by atoms with Crippen molar-refractivity contribution in [1.29, 1.82) is 0 Å². The molecule has 2 heterocycles. The molecule has 2 aromatic rings. The number of aryl methyl sites for hydroxylation is 1. The van der Waals surface area contributed by atoms with Gasteiger partial charge in [0.15, 0.2) is 5.82 Å². The molecule has 0 saturated heterocycles. The Hall–Kier alpha value is -0.760. The van der Waals surface area contributed by atoms with E-state index in [0.717, 1.165) is 27.3 Å². The van der Waals surface area contributed by atoms with E-state index < -0.39 is 0 Å². The topological polar surface area (TPSA) is 50.7 Å². The van der Waals surface area contributed by atoms with Gasteiger partial charge in [-0.2, -0.15) is 0 Å². The molecular weight excluding hydrogens is 335 g/mol. The van der Waals surface area contributed by atoms with Gasteiger partial charge in [0.05, 0.1) is 14.8 Å². The Morgan fingerprint density at radius 2 is 2.25 bits per heavy atom. The number of nitrogens with zero attached hydrogens (tertiary/aromatic N) is 3. The minimum absolute atomic E-state index is 0.690. The summed E-state index contributed by atoms with van der Waals surface area (Å²) in [5, 5.41) is 5.19. The summed E-state index contributed by atoms with van der Waals surface area (Å²) < 4.78 is 1.07. The lowest BCUT2D eigenvalue weighted by Crippen LogP contribution is -2.06. The van der Waals surface area contributed by atoms with Crippen LogP contribution in [0.1, 0.15) is 12.6 Å². The van der Waals surface area contributed by atoms with E-state index in [1.54, 1.807) is 16.8 Å². The lowest BCUT2D eigenvalue weighted by Gasteiger charge is -2.08. The zero-order chi connectivity index (χ0) is 11.5. The van der Waals surface area contributed by atoms with Gasteiger partial charge >= 0.3 is 0 Å². The zero-order valence-electron chi connectivity index (χ0n) is 8.99. The van der Waals surface area contributed by atoms with Crippen LogP contribution in [-0.2, 0) is 0 Å². The van der Waals surface area contributed by atoms with Gasteiger partial charge in [0.1, 0.15) is 11.5 Å². The summed E-state index contributed by atoms with van der Waals surface area (Å²) >= 11 is 3.81. The third-order valence-corrected chi connectivity index (χ3v) is 3.90. The number of nitrogens with one attached hydrogen (secondary N) is 1. The van der Waals surface area contributed by atoms with Crippen LogP contribution in [0.2, 0.25) is 0 Å². The normalized spacial score (nSPS) is 10.4. The van der Waals surface area contributed by atoms with Gasteiger partial charge in [-0.05, 0) is 36.4 Å². The Bertz CT molecular complexity index is 484. The Morgan fingerprint density at radius 1 is 1.44 bits per heavy atom. The van der Waals surface area contributed by atoms with E-state index in [1.807, 2.05) is 12.3 Å². The van der Waals surface area contributed by atoms with Crippen molar-refractivity contribution in [2.75, 3.05) is 11.9 Å². The second-order valence-electron chi connectivity index (χ2n) is 3.20. The molecule has 4 nitrogen and oxygen atoms in total. The molecule has 0 bridgehead atoms. The summed E-state index contributed by atoms with van der Waals surface area (Å²) in [5.41, 5.74) is 3.61. The molecular formula is C10H11IN4S. The summed E-state index contributed by atoms with van der Waals surface area (Å²) in [6, 6.07) is 0. The lowest BCUT2D eigenvalue weighted by atomic mass is 10.3. The van der Waals surface area contributed by atoms with Crippen molar-refractivity contribution in [2.45, 2.75) is 13.8 Å². The number of hydrogen-bond donors (Lipinski definition) is 1. The average Bonchev–Trinajstić information content (AvgIpc) is 2.78. The first-order valence-electron chi connectivity index (χ1n) is 4.89. The van der Waals surface area contributed by atoms with Crippen molar-refractivity contribution in [3.05, 3.63) is 20.2 Å². The average molecular weight is 346 g/mol. The Balaban J connectivity index is 2.48. The number of hydrogen-bond acceptors (Lipinski definition) is 5. The molecule has 0 unspecified atom stereocenters. The number of thiazole rings is 1. The number of anilines is 1. The Labute approximate surface area is 112 Å². The van der Waals surface area contributed by atoms with E-state index in [0.29, 0.717) is 5.82 Å². The number of aromatic nitrogens is 3. The van der Waals surface area contributed by atoms with Crippen LogP contribution in [0.4, 0.5) is 5.82 Å². The molecule has 6 heteroatoms. The molecule has 0 atom stereocenters. The fraction of sp³-hybridized carbons (Fsp3) is 0.300. The predicted molar refractivity (Wildman–Crippen MR) is 74.8 cm³/mol. The van der Waals surface area contributed by atoms with Gasteiger partial charge in [0, 0.05) is 11.9 Å². The van der Waals surface area contributed by atoms with Crippen molar-refractivity contribution in [2.24, 2.45) is 0 Å². The number of halogens is 1. The third-order valence-electron chi connectivity index (χ3n) is 2.02. The van der Waals surface area contributed by atoms with Crippen molar-refractivity contribution in [3.8, 4) is 11.5 Å². The maximum atomic E-state index is 4.48. The molecule has 16 heavy (non-hydrogen) atoms. The van der Waals surface area contributed by atoms with E-state index in [2.05, 4.69) is 49.8 Å². The first kappa shape index (κ1) is 11.7. The summed E-state index contributed by atoms with van der Waals surface area (Å²) in [6.45, 7) is 4.89. The summed E-state index contributed by atoms with van der Waals surface area (Å²) in [6.07, 6.45) is 0. The molecule has 0 aromatic carbocycles. The highest BCUT2D eigenvalue weighted by Crippen LogP contribution is 2.23. The maximum Gasteiger partial charge on any atom is 0.181 e. The fourth-order valence-corrected chi connectivity index (χ4v) is 2.24. The summed E-state index contributed by atoms with van der Waals surface area (Å²) in [4.78, 5) is 13.1. The smallest absolute Gasteiger partial charge is 0.181 e. The van der Waals surface area contributed by atoms with Crippen molar-refractivity contribution >= 4 is 39.7 Å². The number of rotatable bonds is 3. The first-order chi connectivity index (χ1) is 7.72. The molecule has 0 saturated carbocycles. The predicted octanol–water partition coefficient (Wildman–Crippen LogP) is 2.94. The summed E-state index contributed by atoms with van der Waals surface area (Å²) in [7, 11) is 0. The largest absolute Gasteiger partial charge is 0.369 e. The highest BCUT2D eigenvalue weighted by atomic mass is 127. The Kier molecular flexibility index (Phi) is 3.70. The van der Waals surface area contributed by atoms with E-state index in [1.165, 1.54) is 0 Å². The van der Waals surface area contributed by atoms with Gasteiger partial charge in [-0.3, -0.25) is 0 Å². The lowest BCUT2D eigenvalue weighted by molar-refractivity contribution is 1.05. The second kappa shape index (κ2) is 5.05. The highest BCUT2D eigenvalue weighted by Gasteiger charge is 2.11. The monoisotopic (exact) mass is 346 g/mol. The van der Waals surface area contributed by atoms with E-state index in [9.17, 15) is 0 Å². The molecule has 2 rings (SSSR count). The molecule has 0 fully saturated rings. The van der Waals surface area contributed by atoms with Gasteiger partial charge < -0.3 is 5.32 Å². The van der Waals surface area contributed by atoms with Crippen LogP contribution >= 0.6 is 33.9 Å². The van der Waals surface area contributed by atoms with Gasteiger partial charge in [0.2, 0.25) is 0 Å². The van der Waals surface area contributed by atoms with Crippen LogP contribution in [0, 0.1) is 10.5 Å². The molecule has 84 valence electrons. The minimum Gasteiger partial charge on any atom is -0.369 e. The van der Waals surface area contributed by atoms with Crippen LogP contribution in [0.15, 0.2) is 10.9 Å². The molecule has 1 N–H and O–H groups in total. The molecule has 0 radical (unpaired) electrons. The van der Waals surface area contributed by atoms with Gasteiger partial charge in [-0.15, -0.1) is 11.3 Å². The molecule has 0 amide bonds. The molecule has 0 aliphatic rings. The van der Waals surface area contributed by atoms with Crippen molar-refractivity contribution in [1.82, 2.24) is 15.0 Å². The molecule has 2 aromatic heterocycles. The van der Waals surface area contributed by atoms with Gasteiger partial charge in [-0.1, -0.05) is 0 Å². The van der Waals surface area contributed by atoms with Crippen LogP contribution in [0.3, 0.4) is 0 Å². The second-order valence-corrected chi connectivity index (χ2v) is 5.00. The quantitative estimate of drug-likeness (QED) is 0.869. The fourth-order valence-electron chi connectivity index (χ4n) is 1.28. The van der Waals surface area contributed by atoms with Gasteiger partial charge in [0.25, 0.3) is 0 Å². The van der Waals surface area contributed by atoms with Crippen LogP contribution in [0.5, 0.6) is 0 Å². The molecule has 0 spiro atoms.